The smallest absolute Gasteiger partial charge is 0.222 e. The second-order valence-electron chi connectivity index (χ2n) is 7.55. The zero-order valence-corrected chi connectivity index (χ0v) is 20.4. The summed E-state index contributed by atoms with van der Waals surface area (Å²) in [6, 6.07) is 7.90. The van der Waals surface area contributed by atoms with Crippen LogP contribution in [-0.2, 0) is 11.2 Å². The predicted molar refractivity (Wildman–Crippen MR) is 135 cm³/mol. The van der Waals surface area contributed by atoms with Crippen molar-refractivity contribution in [1.82, 2.24) is 10.6 Å². The summed E-state index contributed by atoms with van der Waals surface area (Å²) in [7, 11) is 0. The number of aliphatic imine (C=N–C) groups is 1. The summed E-state index contributed by atoms with van der Waals surface area (Å²) in [5, 5.41) is 16.6. The molecule has 0 aliphatic heterocycles. The third kappa shape index (κ3) is 9.70. The van der Waals surface area contributed by atoms with Gasteiger partial charge in [0.15, 0.2) is 0 Å². The Morgan fingerprint density at radius 2 is 1.90 bits per heavy atom. The molecule has 0 fully saturated rings. The van der Waals surface area contributed by atoms with Gasteiger partial charge in [0.1, 0.15) is 11.9 Å². The fraction of sp³-hybridized carbons (Fsp3) is 0.542. The van der Waals surface area contributed by atoms with Crippen molar-refractivity contribution in [2.75, 3.05) is 18.8 Å². The van der Waals surface area contributed by atoms with Crippen molar-refractivity contribution in [2.45, 2.75) is 66.0 Å². The lowest BCUT2D eigenvalue weighted by Gasteiger charge is -2.20. The van der Waals surface area contributed by atoms with Crippen LogP contribution in [0.3, 0.4) is 0 Å². The van der Waals surface area contributed by atoms with Crippen molar-refractivity contribution in [3.63, 3.8) is 0 Å². The van der Waals surface area contributed by atoms with E-state index in [4.69, 9.17) is 16.1 Å². The average Bonchev–Trinajstić information content (AvgIpc) is 2.76. The van der Waals surface area contributed by atoms with E-state index in [9.17, 15) is 4.79 Å². The van der Waals surface area contributed by atoms with Gasteiger partial charge in [-0.1, -0.05) is 45.0 Å². The van der Waals surface area contributed by atoms with Gasteiger partial charge in [-0.3, -0.25) is 15.2 Å². The Balaban J connectivity index is 3.43. The number of rotatable bonds is 13. The number of hydrogen-bond donors (Lipinski definition) is 4. The van der Waals surface area contributed by atoms with Gasteiger partial charge in [-0.2, -0.15) is 0 Å². The Kier molecular flexibility index (Phi) is 12.9. The van der Waals surface area contributed by atoms with E-state index in [2.05, 4.69) is 61.1 Å². The van der Waals surface area contributed by atoms with Crippen LogP contribution >= 0.6 is 11.8 Å². The fourth-order valence-corrected chi connectivity index (χ4v) is 3.61. The second kappa shape index (κ2) is 14.8. The lowest BCUT2D eigenvalue weighted by molar-refractivity contribution is -0.121. The van der Waals surface area contributed by atoms with Gasteiger partial charge >= 0.3 is 0 Å². The number of carbonyl (C=O) groups is 1. The van der Waals surface area contributed by atoms with Crippen LogP contribution < -0.4 is 16.4 Å². The van der Waals surface area contributed by atoms with E-state index in [-0.39, 0.29) is 24.2 Å². The molecule has 0 aliphatic carbocycles. The minimum absolute atomic E-state index is 0.0847. The number of hydrogen-bond acceptors (Lipinski definition) is 5. The zero-order chi connectivity index (χ0) is 23.2. The van der Waals surface area contributed by atoms with Crippen molar-refractivity contribution in [2.24, 2.45) is 10.7 Å². The van der Waals surface area contributed by atoms with Crippen LogP contribution in [0.2, 0.25) is 0 Å². The molecule has 0 heterocycles. The summed E-state index contributed by atoms with van der Waals surface area (Å²) < 4.78 is 0. The molecule has 0 radical (unpaired) electrons. The van der Waals surface area contributed by atoms with E-state index < -0.39 is 6.04 Å². The number of amidine groups is 1. The molecule has 1 aromatic rings. The van der Waals surface area contributed by atoms with Gasteiger partial charge < -0.3 is 16.4 Å². The molecule has 0 aliphatic rings. The molecule has 1 rings (SSSR count). The third-order valence-electron chi connectivity index (χ3n) is 4.62. The summed E-state index contributed by atoms with van der Waals surface area (Å²) in [6.07, 6.45) is 1.90. The van der Waals surface area contributed by atoms with Crippen LogP contribution in [0.5, 0.6) is 0 Å². The van der Waals surface area contributed by atoms with Gasteiger partial charge in [-0.15, -0.1) is 11.8 Å². The van der Waals surface area contributed by atoms with Crippen LogP contribution in [0.25, 0.3) is 0 Å². The maximum atomic E-state index is 12.4. The summed E-state index contributed by atoms with van der Waals surface area (Å²) in [5.41, 5.74) is 9.74. The number of thioether (sulfide) groups is 1. The summed E-state index contributed by atoms with van der Waals surface area (Å²) in [4.78, 5) is 17.4. The van der Waals surface area contributed by atoms with E-state index in [0.717, 1.165) is 35.4 Å². The normalized spacial score (nSPS) is 13.3. The third-order valence-corrected chi connectivity index (χ3v) is 5.41. The van der Waals surface area contributed by atoms with Crippen LogP contribution in [0.15, 0.2) is 40.2 Å². The number of benzene rings is 1. The number of amides is 1. The summed E-state index contributed by atoms with van der Waals surface area (Å²) in [5.74, 6) is 1.07. The molecule has 0 aromatic heterocycles. The maximum absolute atomic E-state index is 12.4. The highest BCUT2D eigenvalue weighted by molar-refractivity contribution is 8.02. The van der Waals surface area contributed by atoms with Crippen molar-refractivity contribution in [3.05, 3.63) is 46.4 Å². The van der Waals surface area contributed by atoms with E-state index in [0.29, 0.717) is 13.1 Å². The van der Waals surface area contributed by atoms with Gasteiger partial charge in [0.05, 0.1) is 12.1 Å². The highest BCUT2D eigenvalue weighted by Crippen LogP contribution is 2.20. The molecular formula is C24H39N5OS. The average molecular weight is 446 g/mol. The van der Waals surface area contributed by atoms with Gasteiger partial charge in [-0.25, -0.2) is 0 Å². The van der Waals surface area contributed by atoms with Crippen molar-refractivity contribution in [3.8, 4) is 0 Å². The molecule has 7 heteroatoms. The molecule has 1 atom stereocenters. The molecule has 0 saturated carbocycles. The Morgan fingerprint density at radius 1 is 1.23 bits per heavy atom. The largest absolute Gasteiger partial charge is 0.370 e. The lowest BCUT2D eigenvalue weighted by Crippen LogP contribution is -2.41. The lowest BCUT2D eigenvalue weighted by atomic mass is 9.99. The van der Waals surface area contributed by atoms with Gasteiger partial charge in [0, 0.05) is 19.1 Å². The number of allylic oxidation sites excluding steroid dienone is 1. The fourth-order valence-electron chi connectivity index (χ4n) is 2.97. The number of carbonyl (C=O) groups excluding carboxylic acids is 1. The number of nitrogens with two attached hydrogens (primary N) is 1. The van der Waals surface area contributed by atoms with Crippen LogP contribution in [0.4, 0.5) is 0 Å². The van der Waals surface area contributed by atoms with E-state index >= 15 is 0 Å². The van der Waals surface area contributed by atoms with Crippen molar-refractivity contribution >= 4 is 29.2 Å². The first-order valence-corrected chi connectivity index (χ1v) is 12.2. The Hall–Kier alpha value is -2.12. The second-order valence-corrected chi connectivity index (χ2v) is 8.70. The maximum Gasteiger partial charge on any atom is 0.222 e. The molecule has 31 heavy (non-hydrogen) atoms. The first-order valence-electron chi connectivity index (χ1n) is 11.2. The molecule has 6 nitrogen and oxygen atoms in total. The Bertz CT molecular complexity index is 756. The number of nitrogens with zero attached hydrogens (tertiary/aromatic N) is 1. The molecule has 0 spiro atoms. The van der Waals surface area contributed by atoms with Crippen LogP contribution in [0, 0.1) is 5.41 Å². The first kappa shape index (κ1) is 26.9. The first-order chi connectivity index (χ1) is 14.9. The molecule has 1 unspecified atom stereocenters. The molecular weight excluding hydrogens is 406 g/mol. The predicted octanol–water partition coefficient (Wildman–Crippen LogP) is 3.89. The number of nitrogens with one attached hydrogen (secondary N) is 3. The number of aryl methyl sites for hydroxylation is 1. The Labute approximate surface area is 192 Å². The van der Waals surface area contributed by atoms with Gasteiger partial charge in [-0.05, 0) is 54.6 Å². The highest BCUT2D eigenvalue weighted by Gasteiger charge is 2.21. The monoisotopic (exact) mass is 445 g/mol. The van der Waals surface area contributed by atoms with E-state index in [1.165, 1.54) is 5.56 Å². The highest BCUT2D eigenvalue weighted by atomic mass is 32.2. The molecule has 5 N–H and O–H groups in total. The molecule has 0 saturated heterocycles. The molecule has 1 amide bonds. The minimum atomic E-state index is -0.595. The molecule has 172 valence electrons. The van der Waals surface area contributed by atoms with E-state index in [1.807, 2.05) is 13.8 Å². The van der Waals surface area contributed by atoms with E-state index in [1.54, 1.807) is 11.8 Å². The Morgan fingerprint density at radius 3 is 2.42 bits per heavy atom. The zero-order valence-electron chi connectivity index (χ0n) is 19.6. The van der Waals surface area contributed by atoms with Crippen molar-refractivity contribution in [1.29, 1.82) is 5.41 Å². The molecule has 0 bridgehead atoms. The summed E-state index contributed by atoms with van der Waals surface area (Å²) in [6.45, 7) is 11.1. The quantitative estimate of drug-likeness (QED) is 0.273. The van der Waals surface area contributed by atoms with Crippen LogP contribution in [0.1, 0.15) is 58.6 Å². The molecule has 1 aromatic carbocycles. The summed E-state index contributed by atoms with van der Waals surface area (Å²) >= 11 is 1.74. The van der Waals surface area contributed by atoms with Gasteiger partial charge in [0.2, 0.25) is 5.91 Å². The SMILES string of the molecule is CCS/C=C(CC)/C(=N\C(CC(=O)NCCN)C(=N)NC(C)C)c1ccc(CC)cc1. The minimum Gasteiger partial charge on any atom is -0.370 e. The topological polar surface area (TPSA) is 103 Å². The van der Waals surface area contributed by atoms with Crippen LogP contribution in [-0.4, -0.2) is 48.4 Å². The van der Waals surface area contributed by atoms with Gasteiger partial charge in [0.25, 0.3) is 0 Å². The van der Waals surface area contributed by atoms with Crippen molar-refractivity contribution < 1.29 is 4.79 Å². The standard InChI is InChI=1S/C24H39N5OS/c1-6-18-9-11-20(12-10-18)23(19(7-2)16-31-8-3)29-21(24(26)28-17(4)5)15-22(30)27-14-13-25/h9-12,16-17,21H,6-8,13-15,25H2,1-5H3,(H2,26,28)(H,27,30)/b19-16+,29-23+.